The molecular formula is C20H20BrN3O5S. The quantitative estimate of drug-likeness (QED) is 0.588. The van der Waals surface area contributed by atoms with E-state index in [1.165, 1.54) is 27.1 Å². The molecule has 1 aromatic heterocycles. The number of carbonyl (C=O) groups is 1. The maximum atomic E-state index is 12.7. The smallest absolute Gasteiger partial charge is 0.408 e. The third kappa shape index (κ3) is 3.94. The van der Waals surface area contributed by atoms with Gasteiger partial charge < -0.3 is 9.73 Å². The first kappa shape index (κ1) is 20.8. The fourth-order valence-corrected chi connectivity index (χ4v) is 5.28. The van der Waals surface area contributed by atoms with Gasteiger partial charge in [0.1, 0.15) is 6.54 Å². The predicted octanol–water partition coefficient (Wildman–Crippen LogP) is 3.09. The van der Waals surface area contributed by atoms with E-state index < -0.39 is 21.7 Å². The largest absolute Gasteiger partial charge is 0.420 e. The topological polar surface area (TPSA) is 102 Å². The van der Waals surface area contributed by atoms with Crippen LogP contribution in [0, 0.1) is 6.92 Å². The number of aryl methyl sites for hydroxylation is 1. The van der Waals surface area contributed by atoms with Crippen LogP contribution in [0.3, 0.4) is 0 Å². The molecule has 1 aliphatic rings. The molecule has 0 unspecified atom stereocenters. The van der Waals surface area contributed by atoms with Crippen molar-refractivity contribution in [3.63, 3.8) is 0 Å². The molecular weight excluding hydrogens is 474 g/mol. The van der Waals surface area contributed by atoms with Gasteiger partial charge >= 0.3 is 5.76 Å². The Morgan fingerprint density at radius 1 is 1.17 bits per heavy atom. The molecule has 1 aliphatic heterocycles. The molecule has 0 bridgehead atoms. The van der Waals surface area contributed by atoms with Gasteiger partial charge in [0.15, 0.2) is 5.58 Å². The van der Waals surface area contributed by atoms with E-state index in [9.17, 15) is 18.0 Å². The molecule has 4 rings (SSSR count). The number of hydrogen-bond acceptors (Lipinski definition) is 5. The summed E-state index contributed by atoms with van der Waals surface area (Å²) in [5, 5.41) is 2.75. The van der Waals surface area contributed by atoms with Gasteiger partial charge in [0, 0.05) is 29.3 Å². The van der Waals surface area contributed by atoms with E-state index in [2.05, 4.69) is 21.2 Å². The Labute approximate surface area is 181 Å². The van der Waals surface area contributed by atoms with E-state index in [0.717, 1.165) is 22.9 Å². The highest BCUT2D eigenvalue weighted by atomic mass is 79.9. The fourth-order valence-electron chi connectivity index (χ4n) is 3.50. The van der Waals surface area contributed by atoms with Crippen molar-refractivity contribution in [1.29, 1.82) is 0 Å². The van der Waals surface area contributed by atoms with Crippen molar-refractivity contribution in [1.82, 2.24) is 8.87 Å². The number of fused-ring (bicyclic) bond motifs is 1. The highest BCUT2D eigenvalue weighted by Gasteiger charge is 2.28. The van der Waals surface area contributed by atoms with Crippen LogP contribution in [0.1, 0.15) is 18.4 Å². The van der Waals surface area contributed by atoms with Crippen molar-refractivity contribution in [3.05, 3.63) is 57.0 Å². The van der Waals surface area contributed by atoms with Gasteiger partial charge in [-0.3, -0.25) is 9.36 Å². The zero-order valence-corrected chi connectivity index (χ0v) is 18.6. The first-order valence-electron chi connectivity index (χ1n) is 9.45. The van der Waals surface area contributed by atoms with Crippen LogP contribution in [-0.2, 0) is 21.4 Å². The van der Waals surface area contributed by atoms with Crippen LogP contribution in [0.4, 0.5) is 5.69 Å². The molecule has 2 aromatic carbocycles. The van der Waals surface area contributed by atoms with Crippen molar-refractivity contribution < 1.29 is 17.6 Å². The summed E-state index contributed by atoms with van der Waals surface area (Å²) in [5.41, 5.74) is 2.07. The summed E-state index contributed by atoms with van der Waals surface area (Å²) in [6.07, 6.45) is 1.67. The Kier molecular flexibility index (Phi) is 5.56. The lowest BCUT2D eigenvalue weighted by atomic mass is 10.2. The second-order valence-electron chi connectivity index (χ2n) is 7.21. The Balaban J connectivity index is 1.59. The SMILES string of the molecule is Cc1cc(NC(=O)Cn2c(=O)oc3cc(S(=O)(=O)N4CCCC4)ccc32)ccc1Br. The second-order valence-corrected chi connectivity index (χ2v) is 10.00. The molecule has 10 heteroatoms. The molecule has 0 radical (unpaired) electrons. The number of sulfonamides is 1. The Morgan fingerprint density at radius 3 is 2.60 bits per heavy atom. The Morgan fingerprint density at radius 2 is 1.90 bits per heavy atom. The molecule has 0 saturated carbocycles. The van der Waals surface area contributed by atoms with E-state index in [4.69, 9.17) is 4.42 Å². The first-order chi connectivity index (χ1) is 14.3. The summed E-state index contributed by atoms with van der Waals surface area (Å²) in [7, 11) is -3.63. The van der Waals surface area contributed by atoms with E-state index in [-0.39, 0.29) is 17.0 Å². The van der Waals surface area contributed by atoms with E-state index in [1.54, 1.807) is 6.07 Å². The molecule has 0 aliphatic carbocycles. The lowest BCUT2D eigenvalue weighted by molar-refractivity contribution is -0.116. The molecule has 158 valence electrons. The van der Waals surface area contributed by atoms with Crippen molar-refractivity contribution in [3.8, 4) is 0 Å². The predicted molar refractivity (Wildman–Crippen MR) is 116 cm³/mol. The summed E-state index contributed by atoms with van der Waals surface area (Å²) in [6, 6.07) is 9.68. The van der Waals surface area contributed by atoms with Crippen molar-refractivity contribution in [2.45, 2.75) is 31.2 Å². The van der Waals surface area contributed by atoms with Crippen molar-refractivity contribution in [2.24, 2.45) is 0 Å². The minimum Gasteiger partial charge on any atom is -0.408 e. The summed E-state index contributed by atoms with van der Waals surface area (Å²) < 4.78 is 34.2. The van der Waals surface area contributed by atoms with Gasteiger partial charge in [0.05, 0.1) is 10.4 Å². The number of aromatic nitrogens is 1. The number of amides is 1. The Bertz CT molecular complexity index is 1290. The van der Waals surface area contributed by atoms with Crippen LogP contribution in [0.25, 0.3) is 11.1 Å². The highest BCUT2D eigenvalue weighted by Crippen LogP contribution is 2.24. The molecule has 0 atom stereocenters. The monoisotopic (exact) mass is 493 g/mol. The van der Waals surface area contributed by atoms with E-state index in [0.29, 0.717) is 24.3 Å². The van der Waals surface area contributed by atoms with Crippen LogP contribution < -0.4 is 11.1 Å². The summed E-state index contributed by atoms with van der Waals surface area (Å²) in [4.78, 5) is 24.8. The maximum Gasteiger partial charge on any atom is 0.420 e. The van der Waals surface area contributed by atoms with Gasteiger partial charge in [0.2, 0.25) is 15.9 Å². The van der Waals surface area contributed by atoms with Crippen molar-refractivity contribution >= 4 is 48.6 Å². The second kappa shape index (κ2) is 8.01. The van der Waals surface area contributed by atoms with Crippen LogP contribution in [0.2, 0.25) is 0 Å². The highest BCUT2D eigenvalue weighted by molar-refractivity contribution is 9.10. The van der Waals surface area contributed by atoms with Crippen LogP contribution in [0.15, 0.2) is 55.0 Å². The van der Waals surface area contributed by atoms with Gasteiger partial charge in [-0.1, -0.05) is 15.9 Å². The number of oxazole rings is 1. The molecule has 8 nitrogen and oxygen atoms in total. The van der Waals surface area contributed by atoms with Gasteiger partial charge in [-0.25, -0.2) is 13.2 Å². The number of benzene rings is 2. The standard InChI is InChI=1S/C20H20BrN3O5S/c1-13-10-14(4-6-16(13)21)22-19(25)12-24-17-7-5-15(11-18(17)29-20(24)26)30(27,28)23-8-2-3-9-23/h4-7,10-11H,2-3,8-9,12H2,1H3,(H,22,25). The Hall–Kier alpha value is -2.43. The third-order valence-corrected chi connectivity index (χ3v) is 7.87. The van der Waals surface area contributed by atoms with Gasteiger partial charge in [-0.15, -0.1) is 0 Å². The van der Waals surface area contributed by atoms with E-state index >= 15 is 0 Å². The summed E-state index contributed by atoms with van der Waals surface area (Å²) in [6.45, 7) is 2.63. The normalized spacial score (nSPS) is 15.0. The first-order valence-corrected chi connectivity index (χ1v) is 11.7. The van der Waals surface area contributed by atoms with Crippen LogP contribution >= 0.6 is 15.9 Å². The molecule has 3 aromatic rings. The summed E-state index contributed by atoms with van der Waals surface area (Å²) >= 11 is 3.41. The number of halogens is 1. The van der Waals surface area contributed by atoms with Crippen LogP contribution in [-0.4, -0.2) is 36.3 Å². The lowest BCUT2D eigenvalue weighted by Crippen LogP contribution is -2.27. The number of anilines is 1. The molecule has 1 N–H and O–H groups in total. The molecule has 1 saturated heterocycles. The lowest BCUT2D eigenvalue weighted by Gasteiger charge is -2.15. The molecule has 2 heterocycles. The van der Waals surface area contributed by atoms with Crippen LogP contribution in [0.5, 0.6) is 0 Å². The van der Waals surface area contributed by atoms with Gasteiger partial charge in [-0.2, -0.15) is 4.31 Å². The molecule has 0 spiro atoms. The van der Waals surface area contributed by atoms with Crippen molar-refractivity contribution in [2.75, 3.05) is 18.4 Å². The average Bonchev–Trinajstić information content (AvgIpc) is 3.34. The minimum absolute atomic E-state index is 0.0765. The average molecular weight is 494 g/mol. The van der Waals surface area contributed by atoms with E-state index in [1.807, 2.05) is 19.1 Å². The minimum atomic E-state index is -3.63. The fraction of sp³-hybridized carbons (Fsp3) is 0.300. The zero-order valence-electron chi connectivity index (χ0n) is 16.2. The maximum absolute atomic E-state index is 12.7. The number of nitrogens with zero attached hydrogens (tertiary/aromatic N) is 2. The molecule has 1 amide bonds. The van der Waals surface area contributed by atoms with Gasteiger partial charge in [0.25, 0.3) is 0 Å². The number of rotatable bonds is 5. The number of nitrogens with one attached hydrogen (secondary N) is 1. The molecule has 30 heavy (non-hydrogen) atoms. The van der Waals surface area contributed by atoms with Gasteiger partial charge in [-0.05, 0) is 55.7 Å². The third-order valence-electron chi connectivity index (χ3n) is 5.09. The number of carbonyl (C=O) groups excluding carboxylic acids is 1. The molecule has 1 fully saturated rings. The number of hydrogen-bond donors (Lipinski definition) is 1. The zero-order chi connectivity index (χ0) is 21.5. The summed E-state index contributed by atoms with van der Waals surface area (Å²) in [5.74, 6) is -1.11.